The molecular formula is C24H27ClN4O2. The first-order valence-electron chi connectivity index (χ1n) is 10.6. The molecular weight excluding hydrogens is 412 g/mol. The highest BCUT2D eigenvalue weighted by Gasteiger charge is 2.29. The van der Waals surface area contributed by atoms with Gasteiger partial charge in [0.05, 0.1) is 0 Å². The van der Waals surface area contributed by atoms with E-state index >= 15 is 0 Å². The van der Waals surface area contributed by atoms with Crippen molar-refractivity contribution in [1.29, 1.82) is 0 Å². The Morgan fingerprint density at radius 2 is 1.87 bits per heavy atom. The summed E-state index contributed by atoms with van der Waals surface area (Å²) in [5, 5.41) is 7.72. The third-order valence-electron chi connectivity index (χ3n) is 5.93. The zero-order valence-corrected chi connectivity index (χ0v) is 18.3. The fraction of sp³-hybridized carbons (Fsp3) is 0.333. The van der Waals surface area contributed by atoms with E-state index in [4.69, 9.17) is 11.6 Å². The average molecular weight is 439 g/mol. The minimum absolute atomic E-state index is 0.0362. The van der Waals surface area contributed by atoms with Crippen LogP contribution in [0.25, 0.3) is 10.9 Å². The van der Waals surface area contributed by atoms with E-state index in [2.05, 4.69) is 15.6 Å². The van der Waals surface area contributed by atoms with E-state index in [1.807, 2.05) is 54.4 Å². The number of carbonyl (C=O) groups is 2. The molecule has 1 unspecified atom stereocenters. The lowest BCUT2D eigenvalue weighted by Gasteiger charge is -2.34. The van der Waals surface area contributed by atoms with Gasteiger partial charge in [-0.1, -0.05) is 41.9 Å². The minimum Gasteiger partial charge on any atom is -0.351 e. The third kappa shape index (κ3) is 5.09. The molecule has 6 nitrogen and oxygen atoms in total. The molecule has 1 atom stereocenters. The molecule has 162 valence electrons. The lowest BCUT2D eigenvalue weighted by molar-refractivity contribution is -0.134. The van der Waals surface area contributed by atoms with E-state index in [1.165, 1.54) is 0 Å². The van der Waals surface area contributed by atoms with E-state index < -0.39 is 6.04 Å². The lowest BCUT2D eigenvalue weighted by atomic mass is 10.0. The van der Waals surface area contributed by atoms with Crippen LogP contribution < -0.4 is 10.6 Å². The number of fused-ring (bicyclic) bond motifs is 1. The number of aromatic nitrogens is 1. The summed E-state index contributed by atoms with van der Waals surface area (Å²) in [7, 11) is 1.95. The van der Waals surface area contributed by atoms with Crippen LogP contribution in [0.3, 0.4) is 0 Å². The number of amides is 2. The van der Waals surface area contributed by atoms with Crippen molar-refractivity contribution in [2.45, 2.75) is 31.3 Å². The quantitative estimate of drug-likeness (QED) is 0.552. The van der Waals surface area contributed by atoms with Gasteiger partial charge in [0.15, 0.2) is 0 Å². The number of likely N-dealkylation sites (tertiary alicyclic amines) is 1. The summed E-state index contributed by atoms with van der Waals surface area (Å²) in [6.07, 6.45) is 2.28. The normalized spacial score (nSPS) is 15.7. The van der Waals surface area contributed by atoms with Crippen LogP contribution in [0.4, 0.5) is 0 Å². The van der Waals surface area contributed by atoms with Gasteiger partial charge in [0.25, 0.3) is 5.91 Å². The Bertz CT molecular complexity index is 1060. The summed E-state index contributed by atoms with van der Waals surface area (Å²) in [4.78, 5) is 31.4. The van der Waals surface area contributed by atoms with Crippen LogP contribution in [0, 0.1) is 0 Å². The molecule has 1 saturated heterocycles. The first-order chi connectivity index (χ1) is 15.0. The Hall–Kier alpha value is -2.83. The number of rotatable bonds is 6. The van der Waals surface area contributed by atoms with Crippen LogP contribution in [-0.4, -0.2) is 53.9 Å². The maximum absolute atomic E-state index is 13.3. The molecule has 2 heterocycles. The summed E-state index contributed by atoms with van der Waals surface area (Å²) < 4.78 is 0. The number of nitrogens with zero attached hydrogens (tertiary/aromatic N) is 1. The molecule has 3 aromatic rings. The fourth-order valence-electron chi connectivity index (χ4n) is 4.12. The molecule has 1 aliphatic heterocycles. The number of aromatic amines is 1. The second-order valence-corrected chi connectivity index (χ2v) is 8.46. The van der Waals surface area contributed by atoms with Gasteiger partial charge in [0.1, 0.15) is 11.7 Å². The van der Waals surface area contributed by atoms with Crippen molar-refractivity contribution in [1.82, 2.24) is 20.5 Å². The predicted octanol–water partition coefficient (Wildman–Crippen LogP) is 3.37. The zero-order chi connectivity index (χ0) is 21.8. The molecule has 2 amide bonds. The number of hydrogen-bond donors (Lipinski definition) is 3. The predicted molar refractivity (Wildman–Crippen MR) is 123 cm³/mol. The molecule has 1 aliphatic rings. The van der Waals surface area contributed by atoms with E-state index in [0.717, 1.165) is 29.3 Å². The summed E-state index contributed by atoms with van der Waals surface area (Å²) in [5.41, 5.74) is 2.25. The van der Waals surface area contributed by atoms with Crippen LogP contribution in [-0.2, 0) is 11.2 Å². The highest BCUT2D eigenvalue weighted by atomic mass is 35.5. The van der Waals surface area contributed by atoms with Gasteiger partial charge in [-0.25, -0.2) is 0 Å². The standard InChI is InChI=1S/C24H27ClN4O2/c1-26-19-9-11-29(12-10-19)24(31)22(13-16-5-3-2-4-6-16)28-23(30)21-15-17-14-18(25)7-8-20(17)27-21/h2-8,14-15,19,22,26-27H,9-13H2,1H3,(H,28,30). The summed E-state index contributed by atoms with van der Waals surface area (Å²) in [6, 6.07) is 16.8. The molecule has 1 fully saturated rings. The summed E-state index contributed by atoms with van der Waals surface area (Å²) >= 11 is 6.06. The van der Waals surface area contributed by atoms with Crippen molar-refractivity contribution < 1.29 is 9.59 Å². The highest BCUT2D eigenvalue weighted by Crippen LogP contribution is 2.20. The van der Waals surface area contributed by atoms with Crippen LogP contribution in [0.2, 0.25) is 5.02 Å². The van der Waals surface area contributed by atoms with Crippen LogP contribution in [0.15, 0.2) is 54.6 Å². The second kappa shape index (κ2) is 9.54. The first-order valence-corrected chi connectivity index (χ1v) is 11.0. The second-order valence-electron chi connectivity index (χ2n) is 8.02. The molecule has 0 bridgehead atoms. The number of benzene rings is 2. The third-order valence-corrected chi connectivity index (χ3v) is 6.16. The number of nitrogens with one attached hydrogen (secondary N) is 3. The summed E-state index contributed by atoms with van der Waals surface area (Å²) in [5.74, 6) is -0.336. The fourth-order valence-corrected chi connectivity index (χ4v) is 4.30. The van der Waals surface area contributed by atoms with Crippen LogP contribution >= 0.6 is 11.6 Å². The zero-order valence-electron chi connectivity index (χ0n) is 17.5. The van der Waals surface area contributed by atoms with Gasteiger partial charge in [-0.05, 0) is 49.7 Å². The summed E-state index contributed by atoms with van der Waals surface area (Å²) in [6.45, 7) is 1.38. The molecule has 3 N–H and O–H groups in total. The highest BCUT2D eigenvalue weighted by molar-refractivity contribution is 6.31. The van der Waals surface area contributed by atoms with Gasteiger partial charge in [0.2, 0.25) is 5.91 Å². The smallest absolute Gasteiger partial charge is 0.268 e. The molecule has 2 aromatic carbocycles. The van der Waals surface area contributed by atoms with Gasteiger partial charge in [-0.15, -0.1) is 0 Å². The SMILES string of the molecule is CNC1CCN(C(=O)C(Cc2ccccc2)NC(=O)c2cc3cc(Cl)ccc3[nH]2)CC1. The average Bonchev–Trinajstić information content (AvgIpc) is 3.22. The molecule has 0 radical (unpaired) electrons. The molecule has 7 heteroatoms. The Morgan fingerprint density at radius 3 is 2.58 bits per heavy atom. The Morgan fingerprint density at radius 1 is 1.13 bits per heavy atom. The largest absolute Gasteiger partial charge is 0.351 e. The molecule has 0 aliphatic carbocycles. The monoisotopic (exact) mass is 438 g/mol. The van der Waals surface area contributed by atoms with Crippen molar-refractivity contribution in [2.75, 3.05) is 20.1 Å². The molecule has 4 rings (SSSR count). The number of hydrogen-bond acceptors (Lipinski definition) is 3. The Kier molecular flexibility index (Phi) is 6.59. The number of H-pyrrole nitrogens is 1. The van der Waals surface area contributed by atoms with Gasteiger partial charge < -0.3 is 20.5 Å². The van der Waals surface area contributed by atoms with E-state index in [-0.39, 0.29) is 11.8 Å². The van der Waals surface area contributed by atoms with Crippen molar-refractivity contribution in [3.8, 4) is 0 Å². The topological polar surface area (TPSA) is 77.2 Å². The number of halogens is 1. The van der Waals surface area contributed by atoms with E-state index in [1.54, 1.807) is 12.1 Å². The van der Waals surface area contributed by atoms with E-state index in [0.29, 0.717) is 36.3 Å². The van der Waals surface area contributed by atoms with Gasteiger partial charge >= 0.3 is 0 Å². The maximum atomic E-state index is 13.3. The Labute approximate surface area is 187 Å². The van der Waals surface area contributed by atoms with Crippen LogP contribution in [0.5, 0.6) is 0 Å². The Balaban J connectivity index is 1.53. The molecule has 0 spiro atoms. The molecule has 31 heavy (non-hydrogen) atoms. The van der Waals surface area contributed by atoms with Crippen molar-refractivity contribution in [3.63, 3.8) is 0 Å². The lowest BCUT2D eigenvalue weighted by Crippen LogP contribution is -2.53. The minimum atomic E-state index is -0.629. The number of piperidine rings is 1. The van der Waals surface area contributed by atoms with Crippen molar-refractivity contribution in [3.05, 3.63) is 70.9 Å². The molecule has 1 aromatic heterocycles. The van der Waals surface area contributed by atoms with Gasteiger partial charge in [0, 0.05) is 41.5 Å². The van der Waals surface area contributed by atoms with Gasteiger partial charge in [-0.3, -0.25) is 9.59 Å². The van der Waals surface area contributed by atoms with Crippen molar-refractivity contribution in [2.24, 2.45) is 0 Å². The van der Waals surface area contributed by atoms with Crippen molar-refractivity contribution >= 4 is 34.3 Å². The van der Waals surface area contributed by atoms with E-state index in [9.17, 15) is 9.59 Å². The maximum Gasteiger partial charge on any atom is 0.268 e. The molecule has 0 saturated carbocycles. The van der Waals surface area contributed by atoms with Gasteiger partial charge in [-0.2, -0.15) is 0 Å². The number of carbonyl (C=O) groups excluding carboxylic acids is 2. The van der Waals surface area contributed by atoms with Crippen LogP contribution in [0.1, 0.15) is 28.9 Å². The first kappa shape index (κ1) is 21.4.